The molecule has 3 aromatic rings. The van der Waals surface area contributed by atoms with Crippen LogP contribution in [0.1, 0.15) is 21.5 Å². The van der Waals surface area contributed by atoms with Gasteiger partial charge in [0, 0.05) is 40.1 Å². The third-order valence-corrected chi connectivity index (χ3v) is 4.85. The van der Waals surface area contributed by atoms with E-state index in [-0.39, 0.29) is 5.91 Å². The number of hydrogen-bond acceptors (Lipinski definition) is 3. The number of halogens is 1. The lowest BCUT2D eigenvalue weighted by Gasteiger charge is -2.06. The Kier molecular flexibility index (Phi) is 5.54. The molecule has 134 valence electrons. The number of benzene rings is 2. The van der Waals surface area contributed by atoms with Crippen molar-refractivity contribution >= 4 is 34.1 Å². The van der Waals surface area contributed by atoms with Gasteiger partial charge >= 0.3 is 0 Å². The van der Waals surface area contributed by atoms with Crippen molar-refractivity contribution in [3.8, 4) is 5.69 Å². The SMILES string of the molecule is Cc1cn(-c2ccccc2Cl)nc1NC(=O)c1cccc(CS(C)=O)c1. The molecule has 1 N–H and O–H groups in total. The normalized spacial score (nSPS) is 12.0. The van der Waals surface area contributed by atoms with Crippen LogP contribution in [0.15, 0.2) is 54.7 Å². The van der Waals surface area contributed by atoms with Gasteiger partial charge in [-0.1, -0.05) is 35.9 Å². The molecule has 0 bridgehead atoms. The lowest BCUT2D eigenvalue weighted by atomic mass is 10.1. The molecule has 0 saturated heterocycles. The molecule has 1 atom stereocenters. The van der Waals surface area contributed by atoms with E-state index in [1.807, 2.05) is 37.4 Å². The number of nitrogens with one attached hydrogen (secondary N) is 1. The standard InChI is InChI=1S/C19H18ClN3O2S/c1-13-11-23(17-9-4-3-8-16(17)20)22-18(13)21-19(24)15-7-5-6-14(10-15)12-26(2)25/h3-11H,12H2,1-2H3,(H,21,22,24). The number of para-hydroxylation sites is 1. The summed E-state index contributed by atoms with van der Waals surface area (Å²) in [7, 11) is -0.960. The monoisotopic (exact) mass is 387 g/mol. The smallest absolute Gasteiger partial charge is 0.256 e. The van der Waals surface area contributed by atoms with Gasteiger partial charge in [-0.2, -0.15) is 0 Å². The van der Waals surface area contributed by atoms with Crippen LogP contribution in [0, 0.1) is 6.92 Å². The first kappa shape index (κ1) is 18.4. The summed E-state index contributed by atoms with van der Waals surface area (Å²) in [5, 5.41) is 7.83. The molecule has 3 rings (SSSR count). The highest BCUT2D eigenvalue weighted by atomic mass is 35.5. The highest BCUT2D eigenvalue weighted by Crippen LogP contribution is 2.22. The van der Waals surface area contributed by atoms with E-state index in [0.29, 0.717) is 22.2 Å². The zero-order valence-electron chi connectivity index (χ0n) is 14.4. The van der Waals surface area contributed by atoms with E-state index < -0.39 is 10.8 Å². The van der Waals surface area contributed by atoms with Crippen LogP contribution in [0.2, 0.25) is 5.02 Å². The molecule has 0 spiro atoms. The minimum absolute atomic E-state index is 0.263. The van der Waals surface area contributed by atoms with Crippen LogP contribution in [0.4, 0.5) is 5.82 Å². The van der Waals surface area contributed by atoms with Crippen molar-refractivity contribution < 1.29 is 9.00 Å². The summed E-state index contributed by atoms with van der Waals surface area (Å²) >= 11 is 6.21. The molecule has 1 heterocycles. The average molecular weight is 388 g/mol. The fourth-order valence-corrected chi connectivity index (χ4v) is 3.43. The van der Waals surface area contributed by atoms with Gasteiger partial charge in [0.2, 0.25) is 0 Å². The van der Waals surface area contributed by atoms with E-state index in [1.54, 1.807) is 35.2 Å². The molecule has 0 saturated carbocycles. The van der Waals surface area contributed by atoms with Crippen LogP contribution in [-0.2, 0) is 16.6 Å². The van der Waals surface area contributed by atoms with Gasteiger partial charge in [-0.3, -0.25) is 9.00 Å². The Bertz CT molecular complexity index is 984. The molecule has 26 heavy (non-hydrogen) atoms. The Morgan fingerprint density at radius 1 is 1.23 bits per heavy atom. The number of hydrogen-bond donors (Lipinski definition) is 1. The summed E-state index contributed by atoms with van der Waals surface area (Å²) in [6.07, 6.45) is 3.45. The molecule has 7 heteroatoms. The summed E-state index contributed by atoms with van der Waals surface area (Å²) < 4.78 is 13.0. The van der Waals surface area contributed by atoms with E-state index in [1.165, 1.54) is 0 Å². The van der Waals surface area contributed by atoms with Crippen LogP contribution in [0.3, 0.4) is 0 Å². The van der Waals surface area contributed by atoms with Crippen LogP contribution in [-0.4, -0.2) is 26.2 Å². The van der Waals surface area contributed by atoms with Gasteiger partial charge < -0.3 is 5.32 Å². The van der Waals surface area contributed by atoms with Crippen molar-refractivity contribution in [1.82, 2.24) is 9.78 Å². The molecule has 1 unspecified atom stereocenters. The molecular weight excluding hydrogens is 370 g/mol. The van der Waals surface area contributed by atoms with Crippen LogP contribution >= 0.6 is 11.6 Å². The molecule has 0 fully saturated rings. The number of amides is 1. The second kappa shape index (κ2) is 7.85. The van der Waals surface area contributed by atoms with Crippen LogP contribution in [0.5, 0.6) is 0 Å². The Balaban J connectivity index is 1.82. The second-order valence-corrected chi connectivity index (χ2v) is 7.77. The third-order valence-electron chi connectivity index (χ3n) is 3.79. The number of carbonyl (C=O) groups excluding carboxylic acids is 1. The summed E-state index contributed by atoms with van der Waals surface area (Å²) in [5.41, 5.74) is 2.92. The molecule has 0 radical (unpaired) electrons. The van der Waals surface area contributed by atoms with Crippen molar-refractivity contribution in [2.24, 2.45) is 0 Å². The van der Waals surface area contributed by atoms with Crippen molar-refractivity contribution in [3.05, 3.63) is 76.4 Å². The topological polar surface area (TPSA) is 64.0 Å². The van der Waals surface area contributed by atoms with Gasteiger partial charge in [-0.25, -0.2) is 4.68 Å². The second-order valence-electron chi connectivity index (χ2n) is 5.93. The Morgan fingerprint density at radius 2 is 2.00 bits per heavy atom. The molecule has 5 nitrogen and oxygen atoms in total. The summed E-state index contributed by atoms with van der Waals surface area (Å²) in [6, 6.07) is 14.5. The first-order chi connectivity index (χ1) is 12.4. The predicted molar refractivity (Wildman–Crippen MR) is 105 cm³/mol. The van der Waals surface area contributed by atoms with Crippen molar-refractivity contribution in [1.29, 1.82) is 0 Å². The van der Waals surface area contributed by atoms with E-state index in [0.717, 1.165) is 16.8 Å². The summed E-state index contributed by atoms with van der Waals surface area (Å²) in [4.78, 5) is 12.6. The molecular formula is C19H18ClN3O2S. The average Bonchev–Trinajstić information content (AvgIpc) is 2.95. The van der Waals surface area contributed by atoms with E-state index in [9.17, 15) is 9.00 Å². The molecule has 2 aromatic carbocycles. The number of aromatic nitrogens is 2. The fraction of sp³-hybridized carbons (Fsp3) is 0.158. The lowest BCUT2D eigenvalue weighted by Crippen LogP contribution is -2.13. The van der Waals surface area contributed by atoms with Gasteiger partial charge in [-0.15, -0.1) is 5.10 Å². The molecule has 0 aliphatic rings. The zero-order valence-corrected chi connectivity index (χ0v) is 16.0. The Labute approximate surface area is 159 Å². The number of carbonyl (C=O) groups is 1. The zero-order chi connectivity index (χ0) is 18.7. The number of rotatable bonds is 5. The van der Waals surface area contributed by atoms with Crippen molar-refractivity contribution in [2.45, 2.75) is 12.7 Å². The largest absolute Gasteiger partial charge is 0.305 e. The van der Waals surface area contributed by atoms with E-state index >= 15 is 0 Å². The fourth-order valence-electron chi connectivity index (χ4n) is 2.56. The first-order valence-electron chi connectivity index (χ1n) is 7.95. The molecule has 0 aliphatic carbocycles. The van der Waals surface area contributed by atoms with E-state index in [4.69, 9.17) is 11.6 Å². The maximum atomic E-state index is 12.6. The van der Waals surface area contributed by atoms with Gasteiger partial charge in [0.05, 0.1) is 10.7 Å². The first-order valence-corrected chi connectivity index (χ1v) is 10.1. The third kappa shape index (κ3) is 4.20. The Hall–Kier alpha value is -2.44. The van der Waals surface area contributed by atoms with E-state index in [2.05, 4.69) is 10.4 Å². The molecule has 1 aromatic heterocycles. The summed E-state index contributed by atoms with van der Waals surface area (Å²) in [6.45, 7) is 1.87. The van der Waals surface area contributed by atoms with Crippen molar-refractivity contribution in [3.63, 3.8) is 0 Å². The molecule has 0 aliphatic heterocycles. The van der Waals surface area contributed by atoms with Crippen LogP contribution in [0.25, 0.3) is 5.69 Å². The van der Waals surface area contributed by atoms with Gasteiger partial charge in [0.1, 0.15) is 0 Å². The highest BCUT2D eigenvalue weighted by Gasteiger charge is 2.13. The lowest BCUT2D eigenvalue weighted by molar-refractivity contribution is 0.102. The molecule has 1 amide bonds. The van der Waals surface area contributed by atoms with Gasteiger partial charge in [0.15, 0.2) is 5.82 Å². The maximum absolute atomic E-state index is 12.6. The van der Waals surface area contributed by atoms with Gasteiger partial charge in [0.25, 0.3) is 5.91 Å². The van der Waals surface area contributed by atoms with Crippen molar-refractivity contribution in [2.75, 3.05) is 11.6 Å². The van der Waals surface area contributed by atoms with Gasteiger partial charge in [-0.05, 0) is 36.8 Å². The summed E-state index contributed by atoms with van der Waals surface area (Å²) in [5.74, 6) is 0.627. The number of nitrogens with zero attached hydrogens (tertiary/aromatic N) is 2. The minimum Gasteiger partial charge on any atom is -0.305 e. The highest BCUT2D eigenvalue weighted by molar-refractivity contribution is 7.83. The number of anilines is 1. The predicted octanol–water partition coefficient (Wildman–Crippen LogP) is 3.96. The Morgan fingerprint density at radius 3 is 2.73 bits per heavy atom. The minimum atomic E-state index is -0.960. The maximum Gasteiger partial charge on any atom is 0.256 e. The van der Waals surface area contributed by atoms with Crippen LogP contribution < -0.4 is 5.32 Å². The quantitative estimate of drug-likeness (QED) is 0.720. The number of aryl methyl sites for hydroxylation is 1.